The summed E-state index contributed by atoms with van der Waals surface area (Å²) in [7, 11) is 0. The second-order valence-corrected chi connectivity index (χ2v) is 4.83. The van der Waals surface area contributed by atoms with Crippen LogP contribution >= 0.6 is 0 Å². The topological polar surface area (TPSA) is 35.8 Å². The number of nitriles is 1. The summed E-state index contributed by atoms with van der Waals surface area (Å²) in [5.74, 6) is 0. The van der Waals surface area contributed by atoms with Crippen molar-refractivity contribution in [3.63, 3.8) is 0 Å². The van der Waals surface area contributed by atoms with Gasteiger partial charge in [-0.25, -0.2) is 0 Å². The zero-order chi connectivity index (χ0) is 13.7. The molecule has 0 bridgehead atoms. The van der Waals surface area contributed by atoms with Gasteiger partial charge in [0.2, 0.25) is 0 Å². The number of rotatable bonds is 4. The zero-order valence-corrected chi connectivity index (χ0v) is 11.4. The Morgan fingerprint density at radius 1 is 1.16 bits per heavy atom. The second kappa shape index (κ2) is 6.17. The van der Waals surface area contributed by atoms with Gasteiger partial charge >= 0.3 is 0 Å². The van der Waals surface area contributed by atoms with Crippen LogP contribution in [0.25, 0.3) is 0 Å². The summed E-state index contributed by atoms with van der Waals surface area (Å²) in [6.45, 7) is 5.04. The molecule has 2 aromatic rings. The van der Waals surface area contributed by atoms with Crippen LogP contribution in [0.2, 0.25) is 0 Å². The van der Waals surface area contributed by atoms with Crippen LogP contribution in [-0.2, 0) is 6.54 Å². The lowest BCUT2D eigenvalue weighted by atomic mass is 10.1. The fourth-order valence-corrected chi connectivity index (χ4v) is 1.97. The van der Waals surface area contributed by atoms with E-state index in [2.05, 4.69) is 49.5 Å². The van der Waals surface area contributed by atoms with Crippen molar-refractivity contribution < 1.29 is 0 Å². The third-order valence-electron chi connectivity index (χ3n) is 3.25. The first-order valence-corrected chi connectivity index (χ1v) is 6.48. The van der Waals surface area contributed by atoms with Gasteiger partial charge in [-0.3, -0.25) is 0 Å². The highest BCUT2D eigenvalue weighted by molar-refractivity contribution is 5.34. The molecule has 0 fully saturated rings. The molecule has 1 unspecified atom stereocenters. The van der Waals surface area contributed by atoms with Crippen molar-refractivity contribution >= 4 is 0 Å². The largest absolute Gasteiger partial charge is 0.306 e. The molecule has 19 heavy (non-hydrogen) atoms. The Labute approximate surface area is 114 Å². The maximum Gasteiger partial charge on any atom is 0.0991 e. The Morgan fingerprint density at radius 2 is 1.89 bits per heavy atom. The summed E-state index contributed by atoms with van der Waals surface area (Å²) >= 11 is 0. The minimum atomic E-state index is 0.231. The molecule has 0 heterocycles. The molecular weight excluding hydrogens is 232 g/mol. The fourth-order valence-electron chi connectivity index (χ4n) is 1.97. The van der Waals surface area contributed by atoms with E-state index in [1.807, 2.05) is 24.3 Å². The van der Waals surface area contributed by atoms with E-state index in [0.29, 0.717) is 5.56 Å². The first-order valence-electron chi connectivity index (χ1n) is 6.48. The van der Waals surface area contributed by atoms with Gasteiger partial charge in [-0.15, -0.1) is 0 Å². The van der Waals surface area contributed by atoms with Crippen LogP contribution in [0.4, 0.5) is 0 Å². The molecule has 0 radical (unpaired) electrons. The van der Waals surface area contributed by atoms with Crippen LogP contribution < -0.4 is 5.32 Å². The van der Waals surface area contributed by atoms with Gasteiger partial charge < -0.3 is 5.32 Å². The molecular formula is C17H18N2. The van der Waals surface area contributed by atoms with E-state index in [1.54, 1.807) is 0 Å². The molecule has 2 heteroatoms. The van der Waals surface area contributed by atoms with E-state index in [4.69, 9.17) is 5.26 Å². The molecule has 2 nitrogen and oxygen atoms in total. The fraction of sp³-hybridized carbons (Fsp3) is 0.235. The van der Waals surface area contributed by atoms with Gasteiger partial charge in [-0.1, -0.05) is 42.0 Å². The number of hydrogen-bond donors (Lipinski definition) is 1. The molecule has 0 saturated heterocycles. The Balaban J connectivity index is 1.99. The summed E-state index contributed by atoms with van der Waals surface area (Å²) in [5.41, 5.74) is 4.40. The quantitative estimate of drug-likeness (QED) is 0.897. The average molecular weight is 250 g/mol. The van der Waals surface area contributed by atoms with Crippen LogP contribution in [0.15, 0.2) is 48.5 Å². The highest BCUT2D eigenvalue weighted by Crippen LogP contribution is 2.14. The Bertz CT molecular complexity index is 579. The normalized spacial score (nSPS) is 11.8. The van der Waals surface area contributed by atoms with Gasteiger partial charge in [-0.05, 0) is 37.1 Å². The van der Waals surface area contributed by atoms with E-state index in [-0.39, 0.29) is 6.04 Å². The Kier molecular flexibility index (Phi) is 4.33. The number of aryl methyl sites for hydroxylation is 1. The number of nitrogens with one attached hydrogen (secondary N) is 1. The summed E-state index contributed by atoms with van der Waals surface area (Å²) < 4.78 is 0. The summed E-state index contributed by atoms with van der Waals surface area (Å²) in [5, 5.41) is 12.4. The minimum Gasteiger partial charge on any atom is -0.306 e. The first kappa shape index (κ1) is 13.3. The third kappa shape index (κ3) is 3.67. The molecule has 96 valence electrons. The SMILES string of the molecule is Cc1ccc(CNC(C)c2cccc(C#N)c2)cc1. The Hall–Kier alpha value is -2.11. The molecule has 0 saturated carbocycles. The predicted molar refractivity (Wildman–Crippen MR) is 77.6 cm³/mol. The third-order valence-corrected chi connectivity index (χ3v) is 3.25. The average Bonchev–Trinajstić information content (AvgIpc) is 2.46. The van der Waals surface area contributed by atoms with Crippen LogP contribution in [0.5, 0.6) is 0 Å². The minimum absolute atomic E-state index is 0.231. The maximum atomic E-state index is 8.91. The van der Waals surface area contributed by atoms with Crippen molar-refractivity contribution in [3.05, 3.63) is 70.8 Å². The van der Waals surface area contributed by atoms with Crippen LogP contribution in [0, 0.1) is 18.3 Å². The maximum absolute atomic E-state index is 8.91. The molecule has 0 aliphatic heterocycles. The molecule has 0 aromatic heterocycles. The van der Waals surface area contributed by atoms with Crippen molar-refractivity contribution in [2.24, 2.45) is 0 Å². The molecule has 0 amide bonds. The zero-order valence-electron chi connectivity index (χ0n) is 11.4. The summed E-state index contributed by atoms with van der Waals surface area (Å²) in [6, 6.07) is 18.7. The van der Waals surface area contributed by atoms with Crippen LogP contribution in [0.1, 0.15) is 35.2 Å². The summed E-state index contributed by atoms with van der Waals surface area (Å²) in [6.07, 6.45) is 0. The van der Waals surface area contributed by atoms with Crippen molar-refractivity contribution in [1.82, 2.24) is 5.32 Å². The van der Waals surface area contributed by atoms with E-state index < -0.39 is 0 Å². The van der Waals surface area contributed by atoms with Gasteiger partial charge in [0.25, 0.3) is 0 Å². The summed E-state index contributed by atoms with van der Waals surface area (Å²) in [4.78, 5) is 0. The number of hydrogen-bond acceptors (Lipinski definition) is 2. The molecule has 2 rings (SSSR count). The van der Waals surface area contributed by atoms with Crippen LogP contribution in [-0.4, -0.2) is 0 Å². The number of nitrogens with zero attached hydrogens (tertiary/aromatic N) is 1. The molecule has 0 spiro atoms. The first-order chi connectivity index (χ1) is 9.19. The highest BCUT2D eigenvalue weighted by Gasteiger charge is 2.05. The van der Waals surface area contributed by atoms with E-state index >= 15 is 0 Å². The van der Waals surface area contributed by atoms with Gasteiger partial charge in [0.05, 0.1) is 11.6 Å². The standard InChI is InChI=1S/C17H18N2/c1-13-6-8-15(9-7-13)12-19-14(2)17-5-3-4-16(10-17)11-18/h3-10,14,19H,12H2,1-2H3. The highest BCUT2D eigenvalue weighted by atomic mass is 14.9. The van der Waals surface area contributed by atoms with Crippen molar-refractivity contribution in [2.75, 3.05) is 0 Å². The van der Waals surface area contributed by atoms with E-state index in [1.165, 1.54) is 11.1 Å². The Morgan fingerprint density at radius 3 is 2.58 bits per heavy atom. The number of benzene rings is 2. The molecule has 0 aliphatic carbocycles. The van der Waals surface area contributed by atoms with Crippen molar-refractivity contribution in [2.45, 2.75) is 26.4 Å². The van der Waals surface area contributed by atoms with Crippen LogP contribution in [0.3, 0.4) is 0 Å². The monoisotopic (exact) mass is 250 g/mol. The van der Waals surface area contributed by atoms with Crippen molar-refractivity contribution in [1.29, 1.82) is 5.26 Å². The lowest BCUT2D eigenvalue weighted by Crippen LogP contribution is -2.18. The van der Waals surface area contributed by atoms with Gasteiger partial charge in [0.1, 0.15) is 0 Å². The van der Waals surface area contributed by atoms with E-state index in [0.717, 1.165) is 12.1 Å². The predicted octanol–water partition coefficient (Wildman–Crippen LogP) is 3.72. The van der Waals surface area contributed by atoms with Gasteiger partial charge in [0.15, 0.2) is 0 Å². The van der Waals surface area contributed by atoms with E-state index in [9.17, 15) is 0 Å². The lowest BCUT2D eigenvalue weighted by Gasteiger charge is -2.14. The van der Waals surface area contributed by atoms with Gasteiger partial charge in [0, 0.05) is 12.6 Å². The molecule has 1 atom stereocenters. The lowest BCUT2D eigenvalue weighted by molar-refractivity contribution is 0.574. The molecule has 2 aromatic carbocycles. The molecule has 0 aliphatic rings. The smallest absolute Gasteiger partial charge is 0.0991 e. The van der Waals surface area contributed by atoms with Crippen molar-refractivity contribution in [3.8, 4) is 6.07 Å². The van der Waals surface area contributed by atoms with Gasteiger partial charge in [-0.2, -0.15) is 5.26 Å². The second-order valence-electron chi connectivity index (χ2n) is 4.83. The molecule has 1 N–H and O–H groups in total.